The van der Waals surface area contributed by atoms with Gasteiger partial charge in [-0.2, -0.15) is 0 Å². The van der Waals surface area contributed by atoms with Gasteiger partial charge in [-0.1, -0.05) is 0 Å². The molecule has 1 fully saturated rings. The highest BCUT2D eigenvalue weighted by Crippen LogP contribution is 2.27. The average molecular weight is 144 g/mol. The van der Waals surface area contributed by atoms with E-state index in [0.717, 1.165) is 6.92 Å². The van der Waals surface area contributed by atoms with Crippen molar-refractivity contribution in [3.8, 4) is 0 Å². The summed E-state index contributed by atoms with van der Waals surface area (Å²) in [6.07, 6.45) is 0. The molecule has 1 rings (SSSR count). The number of ketones is 1. The first kappa shape index (κ1) is 6.96. The molecule has 1 aliphatic heterocycles. The van der Waals surface area contributed by atoms with Gasteiger partial charge in [0, 0.05) is 0 Å². The first-order valence-corrected chi connectivity index (χ1v) is 2.69. The molecular formula is C6H5FO3. The Labute approximate surface area is 56.5 Å². The fourth-order valence-corrected chi connectivity index (χ4v) is 0.661. The van der Waals surface area contributed by atoms with Crippen molar-refractivity contribution in [2.75, 3.05) is 6.61 Å². The maximum atomic E-state index is 12.9. The Morgan fingerprint density at radius 1 is 1.80 bits per heavy atom. The zero-order chi connectivity index (χ0) is 7.78. The van der Waals surface area contributed by atoms with Crippen molar-refractivity contribution >= 4 is 11.7 Å². The Morgan fingerprint density at radius 2 is 2.40 bits per heavy atom. The maximum Gasteiger partial charge on any atom is 0.236 e. The van der Waals surface area contributed by atoms with Gasteiger partial charge in [0.05, 0.1) is 0 Å². The summed E-state index contributed by atoms with van der Waals surface area (Å²) < 4.78 is 17.3. The van der Waals surface area contributed by atoms with Crippen LogP contribution in [0.5, 0.6) is 0 Å². The van der Waals surface area contributed by atoms with Gasteiger partial charge in [0.25, 0.3) is 0 Å². The summed E-state index contributed by atoms with van der Waals surface area (Å²) in [4.78, 5) is 20.5. The van der Waals surface area contributed by atoms with Gasteiger partial charge in [-0.15, -0.1) is 0 Å². The number of halogens is 1. The van der Waals surface area contributed by atoms with Crippen molar-refractivity contribution in [2.24, 2.45) is 0 Å². The van der Waals surface area contributed by atoms with Gasteiger partial charge in [0.1, 0.15) is 0 Å². The molecule has 1 aliphatic rings. The summed E-state index contributed by atoms with van der Waals surface area (Å²) in [5, 5.41) is 0. The molecule has 0 aliphatic carbocycles. The van der Waals surface area contributed by atoms with Crippen molar-refractivity contribution in [3.05, 3.63) is 5.76 Å². The molecule has 1 unspecified atom stereocenters. The van der Waals surface area contributed by atoms with Crippen LogP contribution in [0.2, 0.25) is 0 Å². The third kappa shape index (κ3) is 0.736. The number of alkyl halides is 1. The lowest BCUT2D eigenvalue weighted by atomic mass is 10.1. The van der Waals surface area contributed by atoms with E-state index in [0.29, 0.717) is 0 Å². The second-order valence-electron chi connectivity index (χ2n) is 2.15. The van der Waals surface area contributed by atoms with Crippen LogP contribution in [0.25, 0.3) is 0 Å². The minimum atomic E-state index is -2.25. The number of ether oxygens (including phenoxy) is 1. The summed E-state index contributed by atoms with van der Waals surface area (Å²) in [7, 11) is 0. The Morgan fingerprint density at radius 3 is 2.60 bits per heavy atom. The molecule has 0 saturated carbocycles. The van der Waals surface area contributed by atoms with Crippen molar-refractivity contribution in [1.29, 1.82) is 0 Å². The van der Waals surface area contributed by atoms with E-state index in [1.54, 1.807) is 0 Å². The summed E-state index contributed by atoms with van der Waals surface area (Å²) in [5.41, 5.74) is -2.25. The summed E-state index contributed by atoms with van der Waals surface area (Å²) in [5.74, 6) is -0.0415. The number of carbonyl (C=O) groups is 1. The van der Waals surface area contributed by atoms with Crippen LogP contribution in [0.3, 0.4) is 0 Å². The summed E-state index contributed by atoms with van der Waals surface area (Å²) >= 11 is 0. The smallest absolute Gasteiger partial charge is 0.236 e. The molecule has 0 spiro atoms. The molecule has 4 heteroatoms. The Bertz CT molecular complexity index is 225. The lowest BCUT2D eigenvalue weighted by Gasteiger charge is -2.04. The van der Waals surface area contributed by atoms with Crippen molar-refractivity contribution in [2.45, 2.75) is 12.6 Å². The van der Waals surface area contributed by atoms with Gasteiger partial charge >= 0.3 is 0 Å². The first-order chi connectivity index (χ1) is 4.59. The molecule has 0 aromatic rings. The quantitative estimate of drug-likeness (QED) is 0.450. The highest BCUT2D eigenvalue weighted by Gasteiger charge is 2.46. The first-order valence-electron chi connectivity index (χ1n) is 2.69. The molecule has 10 heavy (non-hydrogen) atoms. The molecule has 0 amide bonds. The van der Waals surface area contributed by atoms with Gasteiger partial charge < -0.3 is 4.74 Å². The third-order valence-electron chi connectivity index (χ3n) is 1.39. The minimum Gasteiger partial charge on any atom is -0.476 e. The molecule has 3 nitrogen and oxygen atoms in total. The fourth-order valence-electron chi connectivity index (χ4n) is 0.661. The van der Waals surface area contributed by atoms with Crippen molar-refractivity contribution in [1.82, 2.24) is 0 Å². The number of hydrogen-bond donors (Lipinski definition) is 0. The molecule has 1 heterocycles. The highest BCUT2D eigenvalue weighted by atomic mass is 19.1. The van der Waals surface area contributed by atoms with Crippen molar-refractivity contribution in [3.63, 3.8) is 0 Å². The zero-order valence-electron chi connectivity index (χ0n) is 5.31. The lowest BCUT2D eigenvalue weighted by molar-refractivity contribution is -0.124. The van der Waals surface area contributed by atoms with Gasteiger partial charge in [0.2, 0.25) is 17.2 Å². The van der Waals surface area contributed by atoms with E-state index in [9.17, 15) is 14.0 Å². The number of Topliss-reactive ketones (excluding diaryl/α,β-unsaturated/α-hetero) is 1. The topological polar surface area (TPSA) is 43.4 Å². The second-order valence-corrected chi connectivity index (χ2v) is 2.15. The van der Waals surface area contributed by atoms with Crippen LogP contribution >= 0.6 is 0 Å². The van der Waals surface area contributed by atoms with Gasteiger partial charge in [-0.3, -0.25) is 4.79 Å². The molecule has 1 saturated heterocycles. The van der Waals surface area contributed by atoms with E-state index in [1.165, 1.54) is 5.94 Å². The van der Waals surface area contributed by atoms with E-state index in [2.05, 4.69) is 4.74 Å². The Kier molecular flexibility index (Phi) is 1.34. The number of hydrogen-bond acceptors (Lipinski definition) is 3. The zero-order valence-corrected chi connectivity index (χ0v) is 5.31. The van der Waals surface area contributed by atoms with Gasteiger partial charge in [-0.25, -0.2) is 9.18 Å². The minimum absolute atomic E-state index is 0.364. The van der Waals surface area contributed by atoms with Crippen LogP contribution in [0.15, 0.2) is 5.76 Å². The van der Waals surface area contributed by atoms with E-state index >= 15 is 0 Å². The summed E-state index contributed by atoms with van der Waals surface area (Å²) in [6, 6.07) is 0. The average Bonchev–Trinajstić information content (AvgIpc) is 2.10. The molecule has 0 N–H and O–H groups in total. The number of allylic oxidation sites excluding steroid dienone is 1. The van der Waals surface area contributed by atoms with E-state index in [1.807, 2.05) is 0 Å². The van der Waals surface area contributed by atoms with Gasteiger partial charge in [-0.05, 0) is 6.92 Å². The maximum absolute atomic E-state index is 12.9. The van der Waals surface area contributed by atoms with Gasteiger partial charge in [0.15, 0.2) is 12.5 Å². The highest BCUT2D eigenvalue weighted by molar-refractivity contribution is 5.95. The van der Waals surface area contributed by atoms with E-state index in [4.69, 9.17) is 0 Å². The van der Waals surface area contributed by atoms with Crippen LogP contribution < -0.4 is 0 Å². The molecule has 0 bridgehead atoms. The summed E-state index contributed by atoms with van der Waals surface area (Å²) in [6.45, 7) is 0.625. The molecule has 1 atom stereocenters. The lowest BCUT2D eigenvalue weighted by Crippen LogP contribution is -2.26. The van der Waals surface area contributed by atoms with Crippen LogP contribution in [-0.4, -0.2) is 24.0 Å². The standard InChI is InChI=1S/C6H5FO3/c1-6(7)4(9)3-10-5(6)2-8/h3H2,1H3. The van der Waals surface area contributed by atoms with Crippen LogP contribution in [0.4, 0.5) is 4.39 Å². The molecule has 0 radical (unpaired) electrons. The largest absolute Gasteiger partial charge is 0.476 e. The molecular weight excluding hydrogens is 139 g/mol. The number of carbonyl (C=O) groups excluding carboxylic acids is 2. The normalized spacial score (nSPS) is 31.8. The second kappa shape index (κ2) is 1.92. The van der Waals surface area contributed by atoms with E-state index in [-0.39, 0.29) is 6.61 Å². The molecule has 0 aromatic heterocycles. The SMILES string of the molecule is CC1(F)C(=O)COC1=C=O. The van der Waals surface area contributed by atoms with Crippen LogP contribution in [0, 0.1) is 0 Å². The fraction of sp³-hybridized carbons (Fsp3) is 0.500. The predicted octanol–water partition coefficient (Wildman–Crippen LogP) is 0.0294. The third-order valence-corrected chi connectivity index (χ3v) is 1.39. The monoisotopic (exact) mass is 144 g/mol. The van der Waals surface area contributed by atoms with E-state index < -0.39 is 17.2 Å². The Balaban J connectivity index is 3.06. The molecule has 54 valence electrons. The Hall–Kier alpha value is -1.15. The predicted molar refractivity (Wildman–Crippen MR) is 29.7 cm³/mol. The van der Waals surface area contributed by atoms with Crippen LogP contribution in [-0.2, 0) is 14.3 Å². The van der Waals surface area contributed by atoms with Crippen molar-refractivity contribution < 1.29 is 18.7 Å². The number of rotatable bonds is 0. The molecule has 0 aromatic carbocycles. The van der Waals surface area contributed by atoms with Crippen LogP contribution in [0.1, 0.15) is 6.92 Å².